The molecule has 0 saturated carbocycles. The summed E-state index contributed by atoms with van der Waals surface area (Å²) in [4.78, 5) is 16.9. The van der Waals surface area contributed by atoms with Gasteiger partial charge in [0.1, 0.15) is 11.6 Å². The van der Waals surface area contributed by atoms with Crippen molar-refractivity contribution in [3.63, 3.8) is 0 Å². The van der Waals surface area contributed by atoms with Crippen molar-refractivity contribution < 1.29 is 8.78 Å². The number of halogens is 4. The van der Waals surface area contributed by atoms with Gasteiger partial charge in [-0.05, 0) is 12.1 Å². The van der Waals surface area contributed by atoms with Gasteiger partial charge in [-0.3, -0.25) is 4.79 Å². The van der Waals surface area contributed by atoms with Gasteiger partial charge in [0.2, 0.25) is 0 Å². The van der Waals surface area contributed by atoms with Crippen LogP contribution < -0.4 is 5.56 Å². The van der Waals surface area contributed by atoms with Gasteiger partial charge in [-0.15, -0.1) is 17.0 Å². The summed E-state index contributed by atoms with van der Waals surface area (Å²) in [6.45, 7) is 0. The van der Waals surface area contributed by atoms with Crippen LogP contribution in [0.15, 0.2) is 29.2 Å². The average Bonchev–Trinajstić information content (AvgIpc) is 2.24. The molecule has 0 amide bonds. The van der Waals surface area contributed by atoms with Crippen LogP contribution in [0.4, 0.5) is 8.78 Å². The molecule has 0 aliphatic carbocycles. The van der Waals surface area contributed by atoms with Crippen LogP contribution in [0.3, 0.4) is 0 Å². The van der Waals surface area contributed by atoms with E-state index in [0.717, 1.165) is 24.4 Å². The second-order valence-electron chi connectivity index (χ2n) is 3.00. The zero-order valence-electron chi connectivity index (χ0n) is 8.21. The number of hydrogen-bond donors (Lipinski definition) is 1. The number of hydrogen-bond acceptors (Lipinski definition) is 2. The molecular formula is C10H6BrClF2N2O. The molecule has 1 N–H and O–H groups in total. The third kappa shape index (κ3) is 2.70. The molecule has 0 aliphatic rings. The normalized spacial score (nSPS) is 9.82. The molecule has 3 nitrogen and oxygen atoms in total. The van der Waals surface area contributed by atoms with E-state index in [0.29, 0.717) is 0 Å². The van der Waals surface area contributed by atoms with E-state index < -0.39 is 22.8 Å². The van der Waals surface area contributed by atoms with E-state index in [4.69, 9.17) is 11.6 Å². The maximum Gasteiger partial charge on any atom is 0.251 e. The van der Waals surface area contributed by atoms with E-state index >= 15 is 0 Å². The lowest BCUT2D eigenvalue weighted by molar-refractivity contribution is 0.587. The summed E-state index contributed by atoms with van der Waals surface area (Å²) in [7, 11) is 0. The number of nitrogens with one attached hydrogen (secondary N) is 1. The molecule has 1 aromatic heterocycles. The molecule has 2 rings (SSSR count). The van der Waals surface area contributed by atoms with Crippen molar-refractivity contribution in [3.8, 4) is 11.4 Å². The van der Waals surface area contributed by atoms with E-state index in [1.165, 1.54) is 0 Å². The number of benzene rings is 1. The molecule has 0 bridgehead atoms. The van der Waals surface area contributed by atoms with Gasteiger partial charge in [0.25, 0.3) is 5.56 Å². The van der Waals surface area contributed by atoms with Crippen LogP contribution in [0.5, 0.6) is 0 Å². The lowest BCUT2D eigenvalue weighted by Crippen LogP contribution is -2.07. The second kappa shape index (κ2) is 5.37. The van der Waals surface area contributed by atoms with Crippen LogP contribution in [-0.4, -0.2) is 9.97 Å². The topological polar surface area (TPSA) is 45.8 Å². The third-order valence-corrected chi connectivity index (χ3v) is 2.24. The lowest BCUT2D eigenvalue weighted by Gasteiger charge is -2.04. The summed E-state index contributed by atoms with van der Waals surface area (Å²) in [6, 6.07) is 3.24. The zero-order chi connectivity index (χ0) is 11.7. The number of H-pyrrole nitrogens is 1. The average molecular weight is 324 g/mol. The highest BCUT2D eigenvalue weighted by Gasteiger charge is 2.16. The molecule has 0 unspecified atom stereocenters. The monoisotopic (exact) mass is 322 g/mol. The Morgan fingerprint density at radius 2 is 1.94 bits per heavy atom. The summed E-state index contributed by atoms with van der Waals surface area (Å²) in [6.07, 6.45) is 1.16. The number of aromatic amines is 1. The van der Waals surface area contributed by atoms with Gasteiger partial charge in [-0.2, -0.15) is 0 Å². The van der Waals surface area contributed by atoms with Crippen molar-refractivity contribution in [2.24, 2.45) is 0 Å². The first-order chi connectivity index (χ1) is 7.59. The molecule has 0 radical (unpaired) electrons. The Morgan fingerprint density at radius 1 is 1.24 bits per heavy atom. The quantitative estimate of drug-likeness (QED) is 0.820. The smallest absolute Gasteiger partial charge is 0.251 e. The highest BCUT2D eigenvalue weighted by atomic mass is 79.9. The molecule has 90 valence electrons. The highest BCUT2D eigenvalue weighted by Crippen LogP contribution is 2.27. The van der Waals surface area contributed by atoms with E-state index in [1.807, 2.05) is 0 Å². The fourth-order valence-corrected chi connectivity index (χ4v) is 1.40. The first-order valence-electron chi connectivity index (χ1n) is 4.29. The van der Waals surface area contributed by atoms with Gasteiger partial charge in [0.15, 0.2) is 5.82 Å². The summed E-state index contributed by atoms with van der Waals surface area (Å²) in [5, 5.41) is -0.233. The van der Waals surface area contributed by atoms with Crippen LogP contribution in [0.1, 0.15) is 0 Å². The molecule has 0 atom stereocenters. The summed E-state index contributed by atoms with van der Waals surface area (Å²) < 4.78 is 26.9. The minimum atomic E-state index is -0.948. The Morgan fingerprint density at radius 3 is 2.59 bits per heavy atom. The molecule has 2 aromatic rings. The molecule has 0 saturated heterocycles. The molecule has 0 aliphatic heterocycles. The predicted molar refractivity (Wildman–Crippen MR) is 65.5 cm³/mol. The SMILES string of the molecule is Br.O=c1ccnc(-c2c(F)ccc(Cl)c2F)[nH]1. The van der Waals surface area contributed by atoms with Gasteiger partial charge >= 0.3 is 0 Å². The van der Waals surface area contributed by atoms with Gasteiger partial charge in [-0.1, -0.05) is 11.6 Å². The Labute approximate surface area is 110 Å². The Hall–Kier alpha value is -1.27. The number of rotatable bonds is 1. The van der Waals surface area contributed by atoms with Gasteiger partial charge in [-0.25, -0.2) is 13.8 Å². The fraction of sp³-hybridized carbons (Fsp3) is 0. The van der Waals surface area contributed by atoms with Crippen molar-refractivity contribution in [2.75, 3.05) is 0 Å². The molecule has 7 heteroatoms. The molecule has 1 aromatic carbocycles. The Kier molecular flexibility index (Phi) is 4.36. The van der Waals surface area contributed by atoms with Crippen LogP contribution >= 0.6 is 28.6 Å². The standard InChI is InChI=1S/C10H5ClF2N2O.BrH/c11-5-1-2-6(12)8(9(5)13)10-14-4-3-7(16)15-10;/h1-4H,(H,14,15,16);1H. The van der Waals surface area contributed by atoms with Crippen LogP contribution in [0.25, 0.3) is 11.4 Å². The van der Waals surface area contributed by atoms with Crippen molar-refractivity contribution in [1.29, 1.82) is 0 Å². The van der Waals surface area contributed by atoms with Crippen LogP contribution in [0, 0.1) is 11.6 Å². The molecule has 0 spiro atoms. The van der Waals surface area contributed by atoms with E-state index in [2.05, 4.69) is 9.97 Å². The van der Waals surface area contributed by atoms with Crippen LogP contribution in [0.2, 0.25) is 5.02 Å². The second-order valence-corrected chi connectivity index (χ2v) is 3.41. The lowest BCUT2D eigenvalue weighted by atomic mass is 10.2. The zero-order valence-corrected chi connectivity index (χ0v) is 10.7. The van der Waals surface area contributed by atoms with E-state index in [1.54, 1.807) is 0 Å². The van der Waals surface area contributed by atoms with Crippen molar-refractivity contribution in [1.82, 2.24) is 9.97 Å². The third-order valence-electron chi connectivity index (χ3n) is 1.95. The predicted octanol–water partition coefficient (Wildman–Crippen LogP) is 2.95. The molecular weight excluding hydrogens is 317 g/mol. The van der Waals surface area contributed by atoms with Crippen molar-refractivity contribution in [2.45, 2.75) is 0 Å². The summed E-state index contributed by atoms with van der Waals surface area (Å²) >= 11 is 5.51. The van der Waals surface area contributed by atoms with Gasteiger partial charge in [0, 0.05) is 12.3 Å². The number of aromatic nitrogens is 2. The summed E-state index contributed by atoms with van der Waals surface area (Å²) in [5.74, 6) is -1.97. The van der Waals surface area contributed by atoms with E-state index in [9.17, 15) is 13.6 Å². The van der Waals surface area contributed by atoms with Crippen molar-refractivity contribution in [3.05, 3.63) is 51.4 Å². The molecule has 1 heterocycles. The van der Waals surface area contributed by atoms with Crippen molar-refractivity contribution >= 4 is 28.6 Å². The number of nitrogens with zero attached hydrogens (tertiary/aromatic N) is 1. The maximum absolute atomic E-state index is 13.5. The van der Waals surface area contributed by atoms with Crippen LogP contribution in [-0.2, 0) is 0 Å². The van der Waals surface area contributed by atoms with Gasteiger partial charge in [0.05, 0.1) is 10.6 Å². The summed E-state index contributed by atoms with van der Waals surface area (Å²) in [5.41, 5.74) is -0.936. The minimum Gasteiger partial charge on any atom is -0.306 e. The first kappa shape index (κ1) is 13.8. The Bertz CT molecular complexity index is 603. The van der Waals surface area contributed by atoms with E-state index in [-0.39, 0.29) is 27.8 Å². The fourth-order valence-electron chi connectivity index (χ4n) is 1.24. The largest absolute Gasteiger partial charge is 0.306 e. The first-order valence-corrected chi connectivity index (χ1v) is 4.66. The molecule has 17 heavy (non-hydrogen) atoms. The Balaban J connectivity index is 0.00000144. The highest BCUT2D eigenvalue weighted by molar-refractivity contribution is 8.93. The minimum absolute atomic E-state index is 0. The maximum atomic E-state index is 13.5. The molecule has 0 fully saturated rings. The van der Waals surface area contributed by atoms with Gasteiger partial charge < -0.3 is 4.98 Å².